The van der Waals surface area contributed by atoms with Gasteiger partial charge < -0.3 is 9.73 Å². The van der Waals surface area contributed by atoms with Crippen molar-refractivity contribution in [1.82, 2.24) is 10.2 Å². The highest BCUT2D eigenvalue weighted by Crippen LogP contribution is 2.26. The third kappa shape index (κ3) is 4.81. The van der Waals surface area contributed by atoms with E-state index < -0.39 is 0 Å². The number of nitrogens with zero attached hydrogens (tertiary/aromatic N) is 2. The molecule has 0 atom stereocenters. The van der Waals surface area contributed by atoms with Gasteiger partial charge in [-0.15, -0.1) is 10.2 Å². The number of carbonyl (C=O) groups excluding carboxylic acids is 1. The molecule has 0 fully saturated rings. The fourth-order valence-electron chi connectivity index (χ4n) is 3.19. The van der Waals surface area contributed by atoms with Gasteiger partial charge in [-0.2, -0.15) is 0 Å². The van der Waals surface area contributed by atoms with Crippen LogP contribution in [0.5, 0.6) is 0 Å². The standard InChI is InChI=1S/C22H25N3O2S/c1-5-16-8-7-9-17(6-2)20(16)23-19(26)13-28-22-25-24-21(27-22)18-11-14(3)10-15(4)12-18/h7-12H,5-6,13H2,1-4H3,(H,23,26). The Bertz CT molecular complexity index is 939. The van der Waals surface area contributed by atoms with Gasteiger partial charge in [0.25, 0.3) is 5.22 Å². The molecule has 0 aliphatic carbocycles. The van der Waals surface area contributed by atoms with Crippen LogP contribution in [0.3, 0.4) is 0 Å². The lowest BCUT2D eigenvalue weighted by Crippen LogP contribution is -2.16. The van der Waals surface area contributed by atoms with E-state index in [1.807, 2.05) is 32.0 Å². The third-order valence-electron chi connectivity index (χ3n) is 4.47. The zero-order valence-corrected chi connectivity index (χ0v) is 17.5. The number of hydrogen-bond donors (Lipinski definition) is 1. The van der Waals surface area contributed by atoms with E-state index in [0.29, 0.717) is 11.1 Å². The summed E-state index contributed by atoms with van der Waals surface area (Å²) in [6.07, 6.45) is 1.75. The summed E-state index contributed by atoms with van der Waals surface area (Å²) in [5.41, 5.74) is 6.40. The molecule has 6 heteroatoms. The summed E-state index contributed by atoms with van der Waals surface area (Å²) in [6, 6.07) is 12.3. The Labute approximate surface area is 170 Å². The van der Waals surface area contributed by atoms with Gasteiger partial charge in [0.2, 0.25) is 11.8 Å². The Morgan fingerprint density at radius 1 is 1.04 bits per heavy atom. The molecule has 0 bridgehead atoms. The second-order valence-corrected chi connectivity index (χ2v) is 7.67. The normalized spacial score (nSPS) is 10.9. The molecule has 0 spiro atoms. The minimum atomic E-state index is -0.0771. The maximum Gasteiger partial charge on any atom is 0.277 e. The number of nitrogens with one attached hydrogen (secondary N) is 1. The van der Waals surface area contributed by atoms with Crippen LogP contribution in [0.2, 0.25) is 0 Å². The summed E-state index contributed by atoms with van der Waals surface area (Å²) < 4.78 is 5.73. The summed E-state index contributed by atoms with van der Waals surface area (Å²) in [5, 5.41) is 11.6. The van der Waals surface area contributed by atoms with Crippen molar-refractivity contribution in [1.29, 1.82) is 0 Å². The molecule has 1 aromatic heterocycles. The first kappa shape index (κ1) is 20.1. The van der Waals surface area contributed by atoms with Gasteiger partial charge in [-0.25, -0.2) is 0 Å². The molecule has 1 heterocycles. The Balaban J connectivity index is 1.65. The van der Waals surface area contributed by atoms with Crippen LogP contribution in [0, 0.1) is 13.8 Å². The van der Waals surface area contributed by atoms with Crippen LogP contribution in [0.4, 0.5) is 5.69 Å². The molecule has 2 aromatic carbocycles. The number of thioether (sulfide) groups is 1. The lowest BCUT2D eigenvalue weighted by Gasteiger charge is -2.14. The van der Waals surface area contributed by atoms with Crippen LogP contribution in [-0.2, 0) is 17.6 Å². The molecule has 0 saturated heterocycles. The van der Waals surface area contributed by atoms with Crippen molar-refractivity contribution in [3.8, 4) is 11.5 Å². The molecule has 1 N–H and O–H groups in total. The molecule has 0 radical (unpaired) electrons. The Hall–Kier alpha value is -2.60. The molecular weight excluding hydrogens is 370 g/mol. The van der Waals surface area contributed by atoms with Crippen molar-refractivity contribution < 1.29 is 9.21 Å². The molecule has 28 heavy (non-hydrogen) atoms. The highest BCUT2D eigenvalue weighted by Gasteiger charge is 2.14. The first-order valence-corrected chi connectivity index (χ1v) is 10.4. The van der Waals surface area contributed by atoms with Crippen molar-refractivity contribution in [3.63, 3.8) is 0 Å². The van der Waals surface area contributed by atoms with E-state index in [1.165, 1.54) is 11.8 Å². The second-order valence-electron chi connectivity index (χ2n) is 6.74. The van der Waals surface area contributed by atoms with E-state index in [9.17, 15) is 4.79 Å². The van der Waals surface area contributed by atoms with Gasteiger partial charge in [-0.3, -0.25) is 4.79 Å². The summed E-state index contributed by atoms with van der Waals surface area (Å²) in [7, 11) is 0. The van der Waals surface area contributed by atoms with Crippen LogP contribution in [0.15, 0.2) is 46.0 Å². The van der Waals surface area contributed by atoms with E-state index >= 15 is 0 Å². The average molecular weight is 396 g/mol. The minimum absolute atomic E-state index is 0.0771. The van der Waals surface area contributed by atoms with Crippen LogP contribution in [0.1, 0.15) is 36.1 Å². The fraction of sp³-hybridized carbons (Fsp3) is 0.318. The number of carbonyl (C=O) groups is 1. The van der Waals surface area contributed by atoms with Gasteiger partial charge >= 0.3 is 0 Å². The molecular formula is C22H25N3O2S. The van der Waals surface area contributed by atoms with Crippen molar-refractivity contribution in [2.45, 2.75) is 45.8 Å². The third-order valence-corrected chi connectivity index (χ3v) is 5.28. The van der Waals surface area contributed by atoms with Gasteiger partial charge in [-0.1, -0.05) is 61.0 Å². The maximum atomic E-state index is 12.5. The molecule has 1 amide bonds. The van der Waals surface area contributed by atoms with Crippen molar-refractivity contribution in [3.05, 3.63) is 58.7 Å². The van der Waals surface area contributed by atoms with E-state index in [2.05, 4.69) is 47.6 Å². The number of amides is 1. The zero-order valence-electron chi connectivity index (χ0n) is 16.7. The highest BCUT2D eigenvalue weighted by atomic mass is 32.2. The summed E-state index contributed by atoms with van der Waals surface area (Å²) >= 11 is 1.25. The topological polar surface area (TPSA) is 68.0 Å². The number of aryl methyl sites for hydroxylation is 4. The molecule has 146 valence electrons. The van der Waals surface area contributed by atoms with Crippen LogP contribution in [-0.4, -0.2) is 21.9 Å². The predicted molar refractivity (Wildman–Crippen MR) is 114 cm³/mol. The van der Waals surface area contributed by atoms with Crippen molar-refractivity contribution in [2.75, 3.05) is 11.1 Å². The van der Waals surface area contributed by atoms with Gasteiger partial charge in [0, 0.05) is 11.3 Å². The van der Waals surface area contributed by atoms with Crippen LogP contribution < -0.4 is 5.32 Å². The van der Waals surface area contributed by atoms with Gasteiger partial charge in [0.05, 0.1) is 5.75 Å². The Morgan fingerprint density at radius 3 is 2.29 bits per heavy atom. The largest absolute Gasteiger partial charge is 0.411 e. The minimum Gasteiger partial charge on any atom is -0.411 e. The number of anilines is 1. The number of aromatic nitrogens is 2. The lowest BCUT2D eigenvalue weighted by molar-refractivity contribution is -0.113. The summed E-state index contributed by atoms with van der Waals surface area (Å²) in [5.74, 6) is 0.612. The van der Waals surface area contributed by atoms with Crippen LogP contribution >= 0.6 is 11.8 Å². The number of hydrogen-bond acceptors (Lipinski definition) is 5. The van der Waals surface area contributed by atoms with Crippen LogP contribution in [0.25, 0.3) is 11.5 Å². The predicted octanol–water partition coefficient (Wildman–Crippen LogP) is 5.21. The van der Waals surface area contributed by atoms with Crippen molar-refractivity contribution >= 4 is 23.4 Å². The maximum absolute atomic E-state index is 12.5. The number of para-hydroxylation sites is 1. The molecule has 3 aromatic rings. The smallest absolute Gasteiger partial charge is 0.277 e. The number of rotatable bonds is 7. The average Bonchev–Trinajstić information content (AvgIpc) is 3.15. The summed E-state index contributed by atoms with van der Waals surface area (Å²) in [6.45, 7) is 8.25. The SMILES string of the molecule is CCc1cccc(CC)c1NC(=O)CSc1nnc(-c2cc(C)cc(C)c2)o1. The van der Waals surface area contributed by atoms with Gasteiger partial charge in [-0.05, 0) is 49.9 Å². The molecule has 0 aliphatic heterocycles. The lowest BCUT2D eigenvalue weighted by atomic mass is 10.0. The first-order valence-electron chi connectivity index (χ1n) is 9.45. The van der Waals surface area contributed by atoms with Gasteiger partial charge in [0.15, 0.2) is 0 Å². The molecule has 0 unspecified atom stereocenters. The van der Waals surface area contributed by atoms with Gasteiger partial charge in [0.1, 0.15) is 0 Å². The molecule has 0 aliphatic rings. The molecule has 0 saturated carbocycles. The zero-order chi connectivity index (χ0) is 20.1. The monoisotopic (exact) mass is 395 g/mol. The summed E-state index contributed by atoms with van der Waals surface area (Å²) in [4.78, 5) is 12.5. The highest BCUT2D eigenvalue weighted by molar-refractivity contribution is 7.99. The molecule has 5 nitrogen and oxygen atoms in total. The van der Waals surface area contributed by atoms with E-state index in [1.54, 1.807) is 0 Å². The van der Waals surface area contributed by atoms with E-state index in [0.717, 1.165) is 46.3 Å². The van der Waals surface area contributed by atoms with Crippen molar-refractivity contribution in [2.24, 2.45) is 0 Å². The van der Waals surface area contributed by atoms with E-state index in [4.69, 9.17) is 4.42 Å². The van der Waals surface area contributed by atoms with E-state index in [-0.39, 0.29) is 11.7 Å². The fourth-order valence-corrected chi connectivity index (χ4v) is 3.75. The molecule has 3 rings (SSSR count). The Morgan fingerprint density at radius 2 is 1.68 bits per heavy atom. The number of benzene rings is 2. The Kier molecular flexibility index (Phi) is 6.52. The quantitative estimate of drug-likeness (QED) is 0.556. The first-order chi connectivity index (χ1) is 13.5. The second kappa shape index (κ2) is 9.06.